The van der Waals surface area contributed by atoms with Crippen molar-refractivity contribution in [1.82, 2.24) is 4.90 Å². The van der Waals surface area contributed by atoms with E-state index in [-0.39, 0.29) is 12.5 Å². The summed E-state index contributed by atoms with van der Waals surface area (Å²) in [6.45, 7) is 0.913. The van der Waals surface area contributed by atoms with E-state index in [1.807, 2.05) is 6.26 Å². The van der Waals surface area contributed by atoms with E-state index in [0.717, 1.165) is 12.2 Å². The minimum atomic E-state index is -0.988. The van der Waals surface area contributed by atoms with Crippen molar-refractivity contribution < 1.29 is 19.4 Å². The van der Waals surface area contributed by atoms with Gasteiger partial charge in [0.1, 0.15) is 0 Å². The van der Waals surface area contributed by atoms with Gasteiger partial charge in [-0.3, -0.25) is 4.79 Å². The Morgan fingerprint density at radius 2 is 2.31 bits per heavy atom. The van der Waals surface area contributed by atoms with Crippen molar-refractivity contribution in [3.8, 4) is 0 Å². The predicted molar refractivity (Wildman–Crippen MR) is 61.6 cm³/mol. The Morgan fingerprint density at radius 1 is 1.56 bits per heavy atom. The van der Waals surface area contributed by atoms with Crippen LogP contribution in [-0.2, 0) is 14.3 Å². The molecule has 0 aromatic carbocycles. The number of carboxylic acids is 1. The van der Waals surface area contributed by atoms with Gasteiger partial charge < -0.3 is 14.7 Å². The number of aliphatic carboxylic acids is 1. The van der Waals surface area contributed by atoms with Crippen molar-refractivity contribution in [2.45, 2.75) is 18.9 Å². The monoisotopic (exact) mass is 247 g/mol. The van der Waals surface area contributed by atoms with Crippen LogP contribution < -0.4 is 0 Å². The van der Waals surface area contributed by atoms with E-state index < -0.39 is 12.0 Å². The maximum absolute atomic E-state index is 11.8. The van der Waals surface area contributed by atoms with Crippen LogP contribution in [0.15, 0.2) is 0 Å². The fraction of sp³-hybridized carbons (Fsp3) is 0.800. The molecule has 1 amide bonds. The van der Waals surface area contributed by atoms with Crippen LogP contribution >= 0.6 is 11.8 Å². The minimum absolute atomic E-state index is 0.0789. The lowest BCUT2D eigenvalue weighted by atomic mass is 10.2. The van der Waals surface area contributed by atoms with Crippen molar-refractivity contribution in [2.24, 2.45) is 0 Å². The number of hydrogen-bond acceptors (Lipinski definition) is 4. The number of thioether (sulfide) groups is 1. The van der Waals surface area contributed by atoms with Crippen LogP contribution in [0.5, 0.6) is 0 Å². The molecule has 1 unspecified atom stereocenters. The molecule has 1 atom stereocenters. The molecule has 92 valence electrons. The second-order valence-corrected chi connectivity index (χ2v) is 4.60. The summed E-state index contributed by atoms with van der Waals surface area (Å²) in [6.07, 6.45) is 3.20. The highest BCUT2D eigenvalue weighted by Gasteiger charge is 2.32. The van der Waals surface area contributed by atoms with Crippen molar-refractivity contribution in [3.05, 3.63) is 0 Å². The summed E-state index contributed by atoms with van der Waals surface area (Å²) in [4.78, 5) is 24.1. The SMILES string of the molecule is CSCCCC(=O)N1CCOCC1C(=O)O. The lowest BCUT2D eigenvalue weighted by molar-refractivity contribution is -0.158. The molecule has 5 nitrogen and oxygen atoms in total. The zero-order valence-corrected chi connectivity index (χ0v) is 10.2. The Bertz CT molecular complexity index is 259. The van der Waals surface area contributed by atoms with E-state index in [4.69, 9.17) is 9.84 Å². The van der Waals surface area contributed by atoms with Crippen molar-refractivity contribution in [2.75, 3.05) is 31.8 Å². The van der Waals surface area contributed by atoms with Crippen LogP contribution in [0, 0.1) is 0 Å². The summed E-state index contributed by atoms with van der Waals surface area (Å²) < 4.78 is 5.07. The Morgan fingerprint density at radius 3 is 2.94 bits per heavy atom. The van der Waals surface area contributed by atoms with Gasteiger partial charge in [0, 0.05) is 13.0 Å². The largest absolute Gasteiger partial charge is 0.480 e. The van der Waals surface area contributed by atoms with Gasteiger partial charge in [0.05, 0.1) is 13.2 Å². The smallest absolute Gasteiger partial charge is 0.328 e. The number of rotatable bonds is 5. The Labute approximate surface area is 99.1 Å². The maximum Gasteiger partial charge on any atom is 0.328 e. The van der Waals surface area contributed by atoms with Gasteiger partial charge in [-0.05, 0) is 18.4 Å². The Kier molecular flexibility index (Phi) is 5.62. The second kappa shape index (κ2) is 6.75. The number of morpholine rings is 1. The van der Waals surface area contributed by atoms with E-state index >= 15 is 0 Å². The molecule has 16 heavy (non-hydrogen) atoms. The van der Waals surface area contributed by atoms with Gasteiger partial charge in [-0.15, -0.1) is 0 Å². The third-order valence-electron chi connectivity index (χ3n) is 2.47. The fourth-order valence-electron chi connectivity index (χ4n) is 1.62. The number of ether oxygens (including phenoxy) is 1. The number of carboxylic acid groups (broad SMARTS) is 1. The van der Waals surface area contributed by atoms with Crippen LogP contribution in [0.25, 0.3) is 0 Å². The molecular formula is C10H17NO4S. The number of amides is 1. The number of nitrogens with zero attached hydrogens (tertiary/aromatic N) is 1. The molecule has 0 aromatic rings. The summed E-state index contributed by atoms with van der Waals surface area (Å²) in [5.41, 5.74) is 0. The van der Waals surface area contributed by atoms with Crippen LogP contribution in [0.4, 0.5) is 0 Å². The normalized spacial score (nSPS) is 20.8. The van der Waals surface area contributed by atoms with Gasteiger partial charge in [0.25, 0.3) is 0 Å². The molecule has 1 heterocycles. The molecular weight excluding hydrogens is 230 g/mol. The molecule has 0 radical (unpaired) electrons. The highest BCUT2D eigenvalue weighted by Crippen LogP contribution is 2.11. The first-order chi connectivity index (χ1) is 7.66. The molecule has 1 rings (SSSR count). The van der Waals surface area contributed by atoms with E-state index in [2.05, 4.69) is 0 Å². The molecule has 1 N–H and O–H groups in total. The van der Waals surface area contributed by atoms with Gasteiger partial charge in [-0.25, -0.2) is 4.79 Å². The Hall–Kier alpha value is -0.750. The number of carbonyl (C=O) groups excluding carboxylic acids is 1. The highest BCUT2D eigenvalue weighted by atomic mass is 32.2. The molecule has 1 saturated heterocycles. The predicted octanol–water partition coefficient (Wildman–Crippen LogP) is 0.442. The van der Waals surface area contributed by atoms with Gasteiger partial charge in [-0.1, -0.05) is 0 Å². The molecule has 1 aliphatic rings. The third kappa shape index (κ3) is 3.68. The van der Waals surface area contributed by atoms with Gasteiger partial charge in [0.2, 0.25) is 5.91 Å². The van der Waals surface area contributed by atoms with Crippen LogP contribution in [0.3, 0.4) is 0 Å². The van der Waals surface area contributed by atoms with Crippen LogP contribution in [0.2, 0.25) is 0 Å². The standard InChI is InChI=1S/C10H17NO4S/c1-16-6-2-3-9(12)11-4-5-15-7-8(11)10(13)14/h8H,2-7H2,1H3,(H,13,14). The second-order valence-electron chi connectivity index (χ2n) is 3.61. The lowest BCUT2D eigenvalue weighted by Gasteiger charge is -2.32. The van der Waals surface area contributed by atoms with Gasteiger partial charge >= 0.3 is 5.97 Å². The maximum atomic E-state index is 11.8. The van der Waals surface area contributed by atoms with E-state index in [9.17, 15) is 9.59 Å². The van der Waals surface area contributed by atoms with Crippen molar-refractivity contribution >= 4 is 23.6 Å². The molecule has 0 bridgehead atoms. The third-order valence-corrected chi connectivity index (χ3v) is 3.17. The minimum Gasteiger partial charge on any atom is -0.480 e. The molecule has 0 saturated carbocycles. The fourth-order valence-corrected chi connectivity index (χ4v) is 2.05. The first-order valence-corrected chi connectivity index (χ1v) is 6.65. The van der Waals surface area contributed by atoms with Crippen molar-refractivity contribution in [1.29, 1.82) is 0 Å². The first kappa shape index (κ1) is 13.3. The quantitative estimate of drug-likeness (QED) is 0.714. The highest BCUT2D eigenvalue weighted by molar-refractivity contribution is 7.98. The molecule has 0 aliphatic carbocycles. The van der Waals surface area contributed by atoms with E-state index in [1.165, 1.54) is 4.90 Å². The average Bonchev–Trinajstić information content (AvgIpc) is 2.29. The van der Waals surface area contributed by atoms with Gasteiger partial charge in [-0.2, -0.15) is 11.8 Å². The zero-order chi connectivity index (χ0) is 12.0. The van der Waals surface area contributed by atoms with Crippen LogP contribution in [0.1, 0.15) is 12.8 Å². The Balaban J connectivity index is 2.47. The molecule has 6 heteroatoms. The summed E-state index contributed by atoms with van der Waals surface area (Å²) in [5.74, 6) is -0.143. The van der Waals surface area contributed by atoms with E-state index in [1.54, 1.807) is 11.8 Å². The van der Waals surface area contributed by atoms with Gasteiger partial charge in [0.15, 0.2) is 6.04 Å². The molecule has 0 aromatic heterocycles. The molecule has 0 spiro atoms. The first-order valence-electron chi connectivity index (χ1n) is 5.25. The number of hydrogen-bond donors (Lipinski definition) is 1. The zero-order valence-electron chi connectivity index (χ0n) is 9.35. The molecule has 1 fully saturated rings. The topological polar surface area (TPSA) is 66.8 Å². The summed E-state index contributed by atoms with van der Waals surface area (Å²) >= 11 is 1.69. The average molecular weight is 247 g/mol. The number of carbonyl (C=O) groups is 2. The summed E-state index contributed by atoms with van der Waals surface area (Å²) in [6, 6.07) is -0.810. The lowest BCUT2D eigenvalue weighted by Crippen LogP contribution is -2.52. The van der Waals surface area contributed by atoms with E-state index in [0.29, 0.717) is 19.6 Å². The van der Waals surface area contributed by atoms with Crippen molar-refractivity contribution in [3.63, 3.8) is 0 Å². The summed E-state index contributed by atoms with van der Waals surface area (Å²) in [5, 5.41) is 8.95. The molecule has 1 aliphatic heterocycles. The van der Waals surface area contributed by atoms with Crippen LogP contribution in [-0.4, -0.2) is 59.7 Å². The summed E-state index contributed by atoms with van der Waals surface area (Å²) in [7, 11) is 0.